The third-order valence-corrected chi connectivity index (χ3v) is 8.47. The smallest absolute Gasteiger partial charge is 0.338 e. The summed E-state index contributed by atoms with van der Waals surface area (Å²) in [6, 6.07) is 5.98. The van der Waals surface area contributed by atoms with Crippen LogP contribution in [-0.2, 0) is 19.6 Å². The average Bonchev–Trinajstić information content (AvgIpc) is 2.79. The highest BCUT2D eigenvalue weighted by atomic mass is 32.2. The summed E-state index contributed by atoms with van der Waals surface area (Å²) in [5.41, 5.74) is 0.235. The molecule has 1 aliphatic heterocycles. The van der Waals surface area contributed by atoms with Crippen molar-refractivity contribution in [2.45, 2.75) is 82.2 Å². The second-order valence-electron chi connectivity index (χ2n) is 8.53. The van der Waals surface area contributed by atoms with Crippen LogP contribution in [0.5, 0.6) is 0 Å². The van der Waals surface area contributed by atoms with E-state index in [4.69, 9.17) is 4.74 Å². The molecule has 1 atom stereocenters. The Labute approximate surface area is 185 Å². The van der Waals surface area contributed by atoms with Crippen molar-refractivity contribution in [2.24, 2.45) is 0 Å². The van der Waals surface area contributed by atoms with Crippen molar-refractivity contribution >= 4 is 21.9 Å². The molecule has 1 aromatic carbocycles. The molecular weight excluding hydrogens is 416 g/mol. The maximum atomic E-state index is 12.9. The van der Waals surface area contributed by atoms with E-state index >= 15 is 0 Å². The fraction of sp³-hybridized carbons (Fsp3) is 0.652. The summed E-state index contributed by atoms with van der Waals surface area (Å²) in [6.45, 7) is 4.68. The lowest BCUT2D eigenvalue weighted by atomic mass is 9.94. The van der Waals surface area contributed by atoms with Crippen molar-refractivity contribution in [1.29, 1.82) is 0 Å². The maximum Gasteiger partial charge on any atom is 0.338 e. The normalized spacial score (nSPS) is 20.9. The van der Waals surface area contributed by atoms with Crippen LogP contribution in [0.1, 0.15) is 75.6 Å². The third kappa shape index (κ3) is 5.66. The summed E-state index contributed by atoms with van der Waals surface area (Å²) in [7, 11) is -3.59. The first-order chi connectivity index (χ1) is 14.8. The Morgan fingerprint density at radius 1 is 1.03 bits per heavy atom. The van der Waals surface area contributed by atoms with Gasteiger partial charge in [0, 0.05) is 25.2 Å². The molecule has 1 saturated carbocycles. The highest BCUT2D eigenvalue weighted by Gasteiger charge is 2.31. The van der Waals surface area contributed by atoms with Crippen molar-refractivity contribution in [2.75, 3.05) is 19.7 Å². The van der Waals surface area contributed by atoms with Gasteiger partial charge in [0.05, 0.1) is 10.5 Å². The van der Waals surface area contributed by atoms with E-state index in [0.717, 1.165) is 44.9 Å². The molecule has 1 aromatic rings. The van der Waals surface area contributed by atoms with Crippen molar-refractivity contribution in [3.8, 4) is 0 Å². The monoisotopic (exact) mass is 450 g/mol. The number of benzene rings is 1. The predicted molar refractivity (Wildman–Crippen MR) is 118 cm³/mol. The molecule has 3 rings (SSSR count). The Morgan fingerprint density at radius 2 is 1.68 bits per heavy atom. The van der Waals surface area contributed by atoms with E-state index in [1.807, 2.05) is 18.7 Å². The third-order valence-electron chi connectivity index (χ3n) is 6.44. The summed E-state index contributed by atoms with van der Waals surface area (Å²) in [6.07, 6.45) is 8.20. The molecule has 7 nitrogen and oxygen atoms in total. The van der Waals surface area contributed by atoms with Gasteiger partial charge in [-0.25, -0.2) is 13.2 Å². The van der Waals surface area contributed by atoms with Crippen LogP contribution < -0.4 is 0 Å². The summed E-state index contributed by atoms with van der Waals surface area (Å²) in [5.74, 6) is -0.802. The fourth-order valence-corrected chi connectivity index (χ4v) is 6.35. The zero-order valence-corrected chi connectivity index (χ0v) is 19.4. The lowest BCUT2D eigenvalue weighted by Crippen LogP contribution is -2.43. The van der Waals surface area contributed by atoms with Crippen LogP contribution in [0, 0.1) is 0 Å². The molecular formula is C23H34N2O5S. The molecule has 1 aliphatic carbocycles. The highest BCUT2D eigenvalue weighted by molar-refractivity contribution is 7.89. The molecule has 1 saturated heterocycles. The molecule has 172 valence electrons. The molecule has 0 radical (unpaired) electrons. The Hall–Kier alpha value is -1.93. The van der Waals surface area contributed by atoms with Crippen LogP contribution in [-0.4, -0.2) is 61.3 Å². The van der Waals surface area contributed by atoms with E-state index in [9.17, 15) is 18.0 Å². The molecule has 1 heterocycles. The molecule has 8 heteroatoms. The van der Waals surface area contributed by atoms with Gasteiger partial charge in [0.2, 0.25) is 10.0 Å². The predicted octanol–water partition coefficient (Wildman–Crippen LogP) is 3.59. The van der Waals surface area contributed by atoms with Crippen molar-refractivity contribution in [1.82, 2.24) is 9.21 Å². The fourth-order valence-electron chi connectivity index (χ4n) is 4.65. The summed E-state index contributed by atoms with van der Waals surface area (Å²) < 4.78 is 32.6. The number of piperidine rings is 1. The van der Waals surface area contributed by atoms with Gasteiger partial charge in [0.15, 0.2) is 6.61 Å². The quantitative estimate of drug-likeness (QED) is 0.593. The Morgan fingerprint density at radius 3 is 2.29 bits per heavy atom. The van der Waals surface area contributed by atoms with Crippen LogP contribution in [0.3, 0.4) is 0 Å². The lowest BCUT2D eigenvalue weighted by molar-refractivity contribution is -0.137. The van der Waals surface area contributed by atoms with E-state index in [0.29, 0.717) is 13.1 Å². The van der Waals surface area contributed by atoms with Gasteiger partial charge in [-0.15, -0.1) is 0 Å². The van der Waals surface area contributed by atoms with Crippen LogP contribution in [0.4, 0.5) is 0 Å². The first kappa shape index (κ1) is 23.7. The summed E-state index contributed by atoms with van der Waals surface area (Å²) >= 11 is 0. The maximum absolute atomic E-state index is 12.9. The van der Waals surface area contributed by atoms with Crippen molar-refractivity contribution in [3.05, 3.63) is 29.8 Å². The molecule has 0 spiro atoms. The molecule has 1 amide bonds. The van der Waals surface area contributed by atoms with Crippen LogP contribution in [0.25, 0.3) is 0 Å². The molecule has 2 fully saturated rings. The Bertz CT molecular complexity index is 862. The molecule has 31 heavy (non-hydrogen) atoms. The molecule has 2 aliphatic rings. The van der Waals surface area contributed by atoms with Gasteiger partial charge in [-0.05, 0) is 63.8 Å². The number of hydrogen-bond donors (Lipinski definition) is 0. The van der Waals surface area contributed by atoms with Gasteiger partial charge >= 0.3 is 5.97 Å². The highest BCUT2D eigenvalue weighted by Crippen LogP contribution is 2.25. The van der Waals surface area contributed by atoms with Gasteiger partial charge in [-0.3, -0.25) is 4.79 Å². The Balaban J connectivity index is 1.59. The summed E-state index contributed by atoms with van der Waals surface area (Å²) in [5, 5.41) is 0. The second-order valence-corrected chi connectivity index (χ2v) is 10.4. The molecule has 1 unspecified atom stereocenters. The molecule has 0 N–H and O–H groups in total. The van der Waals surface area contributed by atoms with E-state index < -0.39 is 16.0 Å². The van der Waals surface area contributed by atoms with Gasteiger partial charge in [0.25, 0.3) is 5.91 Å². The van der Waals surface area contributed by atoms with Gasteiger partial charge < -0.3 is 9.64 Å². The van der Waals surface area contributed by atoms with Gasteiger partial charge in [-0.1, -0.05) is 25.7 Å². The number of amides is 1. The van der Waals surface area contributed by atoms with E-state index in [-0.39, 0.29) is 35.1 Å². The SMILES string of the molecule is CCN(C(=O)COC(=O)c1ccc(S(=O)(=O)N2CCCCC2C)cc1)C1CCCCC1. The number of rotatable bonds is 7. The number of hydrogen-bond acceptors (Lipinski definition) is 5. The summed E-state index contributed by atoms with van der Waals surface area (Å²) in [4.78, 5) is 26.9. The minimum atomic E-state index is -3.59. The van der Waals surface area contributed by atoms with Crippen molar-refractivity contribution in [3.63, 3.8) is 0 Å². The number of carbonyl (C=O) groups excluding carboxylic acids is 2. The zero-order valence-electron chi connectivity index (χ0n) is 18.6. The minimum Gasteiger partial charge on any atom is -0.452 e. The molecule has 0 aromatic heterocycles. The van der Waals surface area contributed by atoms with Gasteiger partial charge in [-0.2, -0.15) is 4.31 Å². The number of carbonyl (C=O) groups is 2. The van der Waals surface area contributed by atoms with Crippen molar-refractivity contribution < 1.29 is 22.7 Å². The number of esters is 1. The van der Waals surface area contributed by atoms with E-state index in [1.165, 1.54) is 35.0 Å². The van der Waals surface area contributed by atoms with E-state index in [2.05, 4.69) is 0 Å². The first-order valence-electron chi connectivity index (χ1n) is 11.4. The largest absolute Gasteiger partial charge is 0.452 e. The average molecular weight is 451 g/mol. The second kappa shape index (κ2) is 10.6. The number of sulfonamides is 1. The lowest BCUT2D eigenvalue weighted by Gasteiger charge is -2.33. The van der Waals surface area contributed by atoms with Crippen LogP contribution >= 0.6 is 0 Å². The topological polar surface area (TPSA) is 84.0 Å². The Kier molecular flexibility index (Phi) is 8.11. The number of nitrogens with zero attached hydrogens (tertiary/aromatic N) is 2. The standard InChI is InChI=1S/C23H34N2O5S/c1-3-24(20-10-5-4-6-11-20)22(26)17-30-23(27)19-12-14-21(15-13-19)31(28,29)25-16-8-7-9-18(25)2/h12-15,18,20H,3-11,16-17H2,1-2H3. The van der Waals surface area contributed by atoms with Crippen LogP contribution in [0.2, 0.25) is 0 Å². The van der Waals surface area contributed by atoms with Crippen LogP contribution in [0.15, 0.2) is 29.2 Å². The molecule has 0 bridgehead atoms. The van der Waals surface area contributed by atoms with E-state index in [1.54, 1.807) is 0 Å². The minimum absolute atomic E-state index is 0.0277. The zero-order chi connectivity index (χ0) is 22.4. The first-order valence-corrected chi connectivity index (χ1v) is 12.9. The number of likely N-dealkylation sites (N-methyl/N-ethyl adjacent to an activating group) is 1. The number of ether oxygens (including phenoxy) is 1. The van der Waals surface area contributed by atoms with Gasteiger partial charge in [0.1, 0.15) is 0 Å².